The Morgan fingerprint density at radius 3 is 2.69 bits per heavy atom. The molecule has 0 bridgehead atoms. The smallest absolute Gasteiger partial charge is 0.368 e. The van der Waals surface area contributed by atoms with Crippen LogP contribution < -0.4 is 5.32 Å². The number of likely N-dealkylation sites (tertiary alicyclic amines) is 1. The summed E-state index contributed by atoms with van der Waals surface area (Å²) in [6.45, 7) is 2.99. The minimum atomic E-state index is -4.41. The fraction of sp³-hybridized carbons (Fsp3) is 0.450. The molecule has 1 saturated carbocycles. The summed E-state index contributed by atoms with van der Waals surface area (Å²) in [7, 11) is 0. The highest BCUT2D eigenvalue weighted by Crippen LogP contribution is 2.55. The van der Waals surface area contributed by atoms with Crippen molar-refractivity contribution in [3.05, 3.63) is 51.0 Å². The number of amides is 1. The largest absolute Gasteiger partial charge is 0.417 e. The van der Waals surface area contributed by atoms with Crippen molar-refractivity contribution in [1.29, 1.82) is 0 Å². The molecule has 1 amide bonds. The summed E-state index contributed by atoms with van der Waals surface area (Å²) in [5.74, 6) is 0.277. The van der Waals surface area contributed by atoms with E-state index >= 15 is 0 Å². The van der Waals surface area contributed by atoms with Crippen LogP contribution >= 0.6 is 22.6 Å². The van der Waals surface area contributed by atoms with Crippen LogP contribution in [0.15, 0.2) is 30.5 Å². The average molecular weight is 516 g/mol. The number of nitrogens with zero attached hydrogens (tertiary/aromatic N) is 3. The molecular formula is C20H20F3IN4O. The molecule has 2 aliphatic rings. The van der Waals surface area contributed by atoms with Gasteiger partial charge in [-0.1, -0.05) is 0 Å². The Kier molecular flexibility index (Phi) is 5.20. The lowest BCUT2D eigenvalue weighted by Gasteiger charge is -2.25. The number of halogens is 4. The van der Waals surface area contributed by atoms with Crippen molar-refractivity contribution in [2.45, 2.75) is 38.4 Å². The number of carbonyl (C=O) groups is 1. The van der Waals surface area contributed by atoms with E-state index in [1.54, 1.807) is 0 Å². The Bertz CT molecular complexity index is 928. The fourth-order valence-electron chi connectivity index (χ4n) is 3.84. The molecule has 1 aliphatic carbocycles. The Balaban J connectivity index is 1.48. The van der Waals surface area contributed by atoms with Crippen molar-refractivity contribution in [2.75, 3.05) is 18.4 Å². The fourth-order valence-corrected chi connectivity index (χ4v) is 4.37. The van der Waals surface area contributed by atoms with E-state index in [0.717, 1.165) is 40.8 Å². The summed E-state index contributed by atoms with van der Waals surface area (Å²) in [5, 5.41) is 3.10. The van der Waals surface area contributed by atoms with Gasteiger partial charge in [-0.15, -0.1) is 0 Å². The highest BCUT2D eigenvalue weighted by molar-refractivity contribution is 14.1. The standard InChI is InChI=1S/C20H20F3IN4O/c1-12-2-4-15(24)17(27-12)18(29)28-11-19(6-7-19)8-14(28)10-26-16-5-3-13(9-25-16)20(21,22)23/h2-5,9,14H,6-8,10-11H2,1H3,(H,25,26). The lowest BCUT2D eigenvalue weighted by Crippen LogP contribution is -2.40. The van der Waals surface area contributed by atoms with E-state index in [1.165, 1.54) is 6.07 Å². The van der Waals surface area contributed by atoms with Crippen LogP contribution in [0, 0.1) is 15.9 Å². The lowest BCUT2D eigenvalue weighted by atomic mass is 10.0. The third kappa shape index (κ3) is 4.34. The van der Waals surface area contributed by atoms with Crippen LogP contribution in [0.3, 0.4) is 0 Å². The molecule has 5 nitrogen and oxygen atoms in total. The van der Waals surface area contributed by atoms with Crippen LogP contribution in [0.4, 0.5) is 19.0 Å². The zero-order chi connectivity index (χ0) is 20.8. The van der Waals surface area contributed by atoms with Gasteiger partial charge in [0.1, 0.15) is 11.5 Å². The molecule has 9 heteroatoms. The van der Waals surface area contributed by atoms with Crippen molar-refractivity contribution in [3.8, 4) is 0 Å². The number of aryl methyl sites for hydroxylation is 1. The highest BCUT2D eigenvalue weighted by Gasteiger charge is 2.53. The predicted octanol–water partition coefficient (Wildman–Crippen LogP) is 4.52. The van der Waals surface area contributed by atoms with Crippen molar-refractivity contribution < 1.29 is 18.0 Å². The number of hydrogen-bond donors (Lipinski definition) is 1. The molecule has 1 spiro atoms. The van der Waals surface area contributed by atoms with E-state index < -0.39 is 11.7 Å². The monoisotopic (exact) mass is 516 g/mol. The van der Waals surface area contributed by atoms with Gasteiger partial charge in [0.25, 0.3) is 5.91 Å². The first kappa shape index (κ1) is 20.4. The van der Waals surface area contributed by atoms with Crippen LogP contribution in [0.1, 0.15) is 41.0 Å². The number of aromatic nitrogens is 2. The van der Waals surface area contributed by atoms with Gasteiger partial charge in [0.15, 0.2) is 0 Å². The van der Waals surface area contributed by atoms with E-state index in [4.69, 9.17) is 0 Å². The Morgan fingerprint density at radius 1 is 1.31 bits per heavy atom. The lowest BCUT2D eigenvalue weighted by molar-refractivity contribution is -0.137. The molecule has 154 valence electrons. The number of hydrogen-bond acceptors (Lipinski definition) is 4. The minimum absolute atomic E-state index is 0.0489. The third-order valence-corrected chi connectivity index (χ3v) is 6.50. The van der Waals surface area contributed by atoms with Gasteiger partial charge in [-0.3, -0.25) is 4.79 Å². The molecule has 1 saturated heterocycles. The molecule has 0 aromatic carbocycles. The molecule has 2 fully saturated rings. The Hall–Kier alpha value is -1.91. The van der Waals surface area contributed by atoms with Gasteiger partial charge < -0.3 is 10.2 Å². The van der Waals surface area contributed by atoms with Crippen LogP contribution in [0.25, 0.3) is 0 Å². The number of alkyl halides is 3. The van der Waals surface area contributed by atoms with Crippen molar-refractivity contribution >= 4 is 34.3 Å². The quantitative estimate of drug-likeness (QED) is 0.608. The Morgan fingerprint density at radius 2 is 2.07 bits per heavy atom. The van der Waals surface area contributed by atoms with E-state index in [1.807, 2.05) is 24.0 Å². The van der Waals surface area contributed by atoms with Crippen LogP contribution in [0.5, 0.6) is 0 Å². The molecule has 1 unspecified atom stereocenters. The average Bonchev–Trinajstić information content (AvgIpc) is 3.33. The van der Waals surface area contributed by atoms with Crippen molar-refractivity contribution in [3.63, 3.8) is 0 Å². The first-order valence-corrected chi connectivity index (χ1v) is 10.5. The van der Waals surface area contributed by atoms with Gasteiger partial charge in [0, 0.05) is 34.6 Å². The SMILES string of the molecule is Cc1ccc(I)c(C(=O)N2CC3(CC3)CC2CNc2ccc(C(F)(F)F)cn2)n1. The third-order valence-electron chi connectivity index (χ3n) is 5.63. The van der Waals surface area contributed by atoms with Gasteiger partial charge in [-0.2, -0.15) is 13.2 Å². The van der Waals surface area contributed by atoms with E-state index in [0.29, 0.717) is 24.6 Å². The van der Waals surface area contributed by atoms with E-state index in [-0.39, 0.29) is 17.4 Å². The normalized spacial score (nSPS) is 20.2. The summed E-state index contributed by atoms with van der Waals surface area (Å²) in [6.07, 6.45) is -0.499. The number of pyridine rings is 2. The summed E-state index contributed by atoms with van der Waals surface area (Å²) >= 11 is 2.12. The van der Waals surface area contributed by atoms with Gasteiger partial charge >= 0.3 is 6.18 Å². The Labute approximate surface area is 180 Å². The molecule has 3 heterocycles. The zero-order valence-electron chi connectivity index (χ0n) is 15.8. The maximum absolute atomic E-state index is 13.2. The molecule has 2 aromatic rings. The molecule has 1 N–H and O–H groups in total. The summed E-state index contributed by atoms with van der Waals surface area (Å²) in [4.78, 5) is 23.4. The second kappa shape index (κ2) is 7.41. The van der Waals surface area contributed by atoms with Gasteiger partial charge in [-0.05, 0) is 78.5 Å². The number of carbonyl (C=O) groups excluding carboxylic acids is 1. The second-order valence-corrected chi connectivity index (χ2v) is 9.05. The number of rotatable bonds is 4. The van der Waals surface area contributed by atoms with E-state index in [2.05, 4.69) is 37.9 Å². The van der Waals surface area contributed by atoms with Crippen LogP contribution in [-0.2, 0) is 6.18 Å². The van der Waals surface area contributed by atoms with Gasteiger partial charge in [0.2, 0.25) is 0 Å². The molecule has 1 aliphatic heterocycles. The minimum Gasteiger partial charge on any atom is -0.368 e. The number of nitrogens with one attached hydrogen (secondary N) is 1. The molecule has 1 atom stereocenters. The zero-order valence-corrected chi connectivity index (χ0v) is 17.9. The second-order valence-electron chi connectivity index (χ2n) is 7.88. The molecule has 4 rings (SSSR count). The molecule has 0 radical (unpaired) electrons. The van der Waals surface area contributed by atoms with Gasteiger partial charge in [-0.25, -0.2) is 9.97 Å². The predicted molar refractivity (Wildman–Crippen MR) is 111 cm³/mol. The summed E-state index contributed by atoms with van der Waals surface area (Å²) in [6, 6.07) is 6.04. The molecule has 2 aromatic heterocycles. The van der Waals surface area contributed by atoms with Crippen molar-refractivity contribution in [2.24, 2.45) is 5.41 Å². The van der Waals surface area contributed by atoms with Gasteiger partial charge in [0.05, 0.1) is 5.56 Å². The van der Waals surface area contributed by atoms with Crippen molar-refractivity contribution in [1.82, 2.24) is 14.9 Å². The topological polar surface area (TPSA) is 58.1 Å². The van der Waals surface area contributed by atoms with E-state index in [9.17, 15) is 18.0 Å². The van der Waals surface area contributed by atoms with Crippen LogP contribution in [0.2, 0.25) is 0 Å². The summed E-state index contributed by atoms with van der Waals surface area (Å²) in [5.41, 5.74) is 0.654. The number of anilines is 1. The maximum atomic E-state index is 13.2. The maximum Gasteiger partial charge on any atom is 0.417 e. The molecule has 29 heavy (non-hydrogen) atoms. The first-order chi connectivity index (χ1) is 13.7. The first-order valence-electron chi connectivity index (χ1n) is 9.38. The molecular weight excluding hydrogens is 496 g/mol. The highest BCUT2D eigenvalue weighted by atomic mass is 127. The van der Waals surface area contributed by atoms with Crippen LogP contribution in [-0.4, -0.2) is 39.9 Å². The summed E-state index contributed by atoms with van der Waals surface area (Å²) < 4.78 is 38.9.